The molecule has 2 rings (SSSR count). The molecule has 2 nitrogen and oxygen atoms in total. The zero-order valence-corrected chi connectivity index (χ0v) is 14.9. The number of carbonyl (C=O) groups excluding carboxylic acids is 1. The first kappa shape index (κ1) is 17.8. The zero-order valence-electron chi connectivity index (χ0n) is 13.3. The Hall–Kier alpha value is -1.52. The summed E-state index contributed by atoms with van der Waals surface area (Å²) in [5, 5.41) is 3.06. The van der Waals surface area contributed by atoms with E-state index in [1.54, 1.807) is 6.07 Å². The molecule has 0 spiro atoms. The largest absolute Gasteiger partial charge is 0.325 e. The molecule has 0 unspecified atom stereocenters. The van der Waals surface area contributed by atoms with Gasteiger partial charge < -0.3 is 5.32 Å². The minimum Gasteiger partial charge on any atom is -0.325 e. The standard InChI is InChI=1S/C18H19ClFNOS/c1-11(2)14-6-4-5-12(3)18(14)21-17(22)10-23-13-7-8-16(20)15(19)9-13/h4-9,11H,10H2,1-3H3,(H,21,22). The minimum atomic E-state index is -0.457. The number of nitrogens with one attached hydrogen (secondary N) is 1. The predicted octanol–water partition coefficient (Wildman–Crippen LogP) is 5.64. The van der Waals surface area contributed by atoms with Gasteiger partial charge in [-0.2, -0.15) is 0 Å². The maximum Gasteiger partial charge on any atom is 0.234 e. The number of aryl methyl sites for hydroxylation is 1. The van der Waals surface area contributed by atoms with Gasteiger partial charge in [0.2, 0.25) is 5.91 Å². The summed E-state index contributed by atoms with van der Waals surface area (Å²) in [7, 11) is 0. The van der Waals surface area contributed by atoms with Crippen LogP contribution in [0.1, 0.15) is 30.9 Å². The molecule has 0 bridgehead atoms. The van der Waals surface area contributed by atoms with Gasteiger partial charge in [-0.05, 0) is 42.2 Å². The Balaban J connectivity index is 2.04. The van der Waals surface area contributed by atoms with Gasteiger partial charge in [0.05, 0.1) is 10.8 Å². The van der Waals surface area contributed by atoms with Gasteiger partial charge in [0.1, 0.15) is 5.82 Å². The van der Waals surface area contributed by atoms with Crippen LogP contribution in [0.15, 0.2) is 41.3 Å². The van der Waals surface area contributed by atoms with E-state index in [-0.39, 0.29) is 16.7 Å². The fraction of sp³-hybridized carbons (Fsp3) is 0.278. The van der Waals surface area contributed by atoms with Crippen LogP contribution in [0.3, 0.4) is 0 Å². The number of anilines is 1. The number of para-hydroxylation sites is 1. The average molecular weight is 352 g/mol. The summed E-state index contributed by atoms with van der Waals surface area (Å²) < 4.78 is 13.1. The summed E-state index contributed by atoms with van der Waals surface area (Å²) >= 11 is 7.07. The Kier molecular flexibility index (Phi) is 6.08. The summed E-state index contributed by atoms with van der Waals surface area (Å²) in [5.41, 5.74) is 3.04. The maximum atomic E-state index is 13.1. The molecule has 2 aromatic rings. The van der Waals surface area contributed by atoms with Crippen LogP contribution in [-0.4, -0.2) is 11.7 Å². The lowest BCUT2D eigenvalue weighted by molar-refractivity contribution is -0.113. The van der Waals surface area contributed by atoms with Gasteiger partial charge in [-0.25, -0.2) is 4.39 Å². The van der Waals surface area contributed by atoms with Crippen LogP contribution in [0, 0.1) is 12.7 Å². The van der Waals surface area contributed by atoms with Gasteiger partial charge >= 0.3 is 0 Å². The van der Waals surface area contributed by atoms with Crippen molar-refractivity contribution in [2.75, 3.05) is 11.1 Å². The fourth-order valence-electron chi connectivity index (χ4n) is 2.23. The molecule has 23 heavy (non-hydrogen) atoms. The normalized spacial score (nSPS) is 10.9. The second-order valence-electron chi connectivity index (χ2n) is 5.61. The van der Waals surface area contributed by atoms with Gasteiger partial charge in [0.25, 0.3) is 0 Å². The summed E-state index contributed by atoms with van der Waals surface area (Å²) in [5.74, 6) is 0.0238. The molecule has 0 aromatic heterocycles. The van der Waals surface area contributed by atoms with Crippen LogP contribution in [0.25, 0.3) is 0 Å². The first-order valence-electron chi connectivity index (χ1n) is 7.35. The number of hydrogen-bond acceptors (Lipinski definition) is 2. The topological polar surface area (TPSA) is 29.1 Å². The molecule has 5 heteroatoms. The number of rotatable bonds is 5. The number of thioether (sulfide) groups is 1. The number of halogens is 2. The molecule has 2 aromatic carbocycles. The van der Waals surface area contributed by atoms with Crippen molar-refractivity contribution in [1.82, 2.24) is 0 Å². The Bertz CT molecular complexity index is 718. The predicted molar refractivity (Wildman–Crippen MR) is 96.0 cm³/mol. The molecule has 0 atom stereocenters. The molecule has 0 heterocycles. The number of hydrogen-bond donors (Lipinski definition) is 1. The molecule has 1 N–H and O–H groups in total. The zero-order chi connectivity index (χ0) is 17.0. The van der Waals surface area contributed by atoms with Crippen LogP contribution in [0.4, 0.5) is 10.1 Å². The Morgan fingerprint density at radius 3 is 2.70 bits per heavy atom. The minimum absolute atomic E-state index is 0.0661. The smallest absolute Gasteiger partial charge is 0.234 e. The Morgan fingerprint density at radius 2 is 2.04 bits per heavy atom. The number of carbonyl (C=O) groups is 1. The monoisotopic (exact) mass is 351 g/mol. The van der Waals surface area contributed by atoms with E-state index in [0.717, 1.165) is 21.7 Å². The van der Waals surface area contributed by atoms with Crippen molar-refractivity contribution < 1.29 is 9.18 Å². The summed E-state index contributed by atoms with van der Waals surface area (Å²) in [6.07, 6.45) is 0. The van der Waals surface area contributed by atoms with E-state index >= 15 is 0 Å². The molecule has 0 saturated heterocycles. The number of benzene rings is 2. The first-order valence-corrected chi connectivity index (χ1v) is 8.72. The van der Waals surface area contributed by atoms with E-state index in [4.69, 9.17) is 11.6 Å². The van der Waals surface area contributed by atoms with Crippen molar-refractivity contribution >= 4 is 35.0 Å². The van der Waals surface area contributed by atoms with Gasteiger partial charge in [0.15, 0.2) is 0 Å². The molecule has 1 amide bonds. The second-order valence-corrected chi connectivity index (χ2v) is 7.06. The van der Waals surface area contributed by atoms with Crippen molar-refractivity contribution in [3.05, 3.63) is 58.4 Å². The van der Waals surface area contributed by atoms with Crippen LogP contribution in [0.2, 0.25) is 5.02 Å². The van der Waals surface area contributed by atoms with Crippen molar-refractivity contribution in [2.24, 2.45) is 0 Å². The van der Waals surface area contributed by atoms with Crippen LogP contribution < -0.4 is 5.32 Å². The number of amides is 1. The van der Waals surface area contributed by atoms with Crippen molar-refractivity contribution in [1.29, 1.82) is 0 Å². The first-order chi connectivity index (χ1) is 10.9. The highest BCUT2D eigenvalue weighted by Crippen LogP contribution is 2.28. The van der Waals surface area contributed by atoms with Gasteiger partial charge in [-0.3, -0.25) is 4.79 Å². The fourth-order valence-corrected chi connectivity index (χ4v) is 3.21. The molecular weight excluding hydrogens is 333 g/mol. The lowest BCUT2D eigenvalue weighted by atomic mass is 9.98. The van der Waals surface area contributed by atoms with E-state index in [2.05, 4.69) is 19.2 Å². The van der Waals surface area contributed by atoms with E-state index in [1.165, 1.54) is 23.9 Å². The molecule has 0 aliphatic carbocycles. The van der Waals surface area contributed by atoms with Crippen molar-refractivity contribution in [3.63, 3.8) is 0 Å². The molecular formula is C18H19ClFNOS. The molecule has 0 radical (unpaired) electrons. The van der Waals surface area contributed by atoms with Crippen molar-refractivity contribution in [2.45, 2.75) is 31.6 Å². The lowest BCUT2D eigenvalue weighted by Crippen LogP contribution is -2.16. The van der Waals surface area contributed by atoms with Gasteiger partial charge in [-0.15, -0.1) is 11.8 Å². The molecule has 0 aliphatic heterocycles. The summed E-state index contributed by atoms with van der Waals surface area (Å²) in [6, 6.07) is 10.5. The highest BCUT2D eigenvalue weighted by molar-refractivity contribution is 8.00. The quantitative estimate of drug-likeness (QED) is 0.706. The molecule has 0 fully saturated rings. The van der Waals surface area contributed by atoms with Crippen LogP contribution in [-0.2, 0) is 4.79 Å². The highest BCUT2D eigenvalue weighted by Gasteiger charge is 2.12. The van der Waals surface area contributed by atoms with Crippen LogP contribution >= 0.6 is 23.4 Å². The molecule has 0 saturated carbocycles. The highest BCUT2D eigenvalue weighted by atomic mass is 35.5. The SMILES string of the molecule is Cc1cccc(C(C)C)c1NC(=O)CSc1ccc(F)c(Cl)c1. The van der Waals surface area contributed by atoms with Gasteiger partial charge in [0, 0.05) is 10.6 Å². The third-order valence-corrected chi connectivity index (χ3v) is 4.74. The average Bonchev–Trinajstić information content (AvgIpc) is 2.50. The van der Waals surface area contributed by atoms with Crippen molar-refractivity contribution in [3.8, 4) is 0 Å². The third kappa shape index (κ3) is 4.72. The molecule has 0 aliphatic rings. The maximum absolute atomic E-state index is 13.1. The van der Waals surface area contributed by atoms with E-state index < -0.39 is 5.82 Å². The second kappa shape index (κ2) is 7.84. The third-order valence-electron chi connectivity index (χ3n) is 3.45. The van der Waals surface area contributed by atoms with E-state index in [9.17, 15) is 9.18 Å². The Morgan fingerprint density at radius 1 is 1.30 bits per heavy atom. The lowest BCUT2D eigenvalue weighted by Gasteiger charge is -2.16. The summed E-state index contributed by atoms with van der Waals surface area (Å²) in [6.45, 7) is 6.17. The Labute approximate surface area is 145 Å². The van der Waals surface area contributed by atoms with E-state index in [0.29, 0.717) is 5.92 Å². The van der Waals surface area contributed by atoms with Crippen LogP contribution in [0.5, 0.6) is 0 Å². The van der Waals surface area contributed by atoms with E-state index in [1.807, 2.05) is 25.1 Å². The summed E-state index contributed by atoms with van der Waals surface area (Å²) in [4.78, 5) is 13.0. The van der Waals surface area contributed by atoms with Gasteiger partial charge in [-0.1, -0.05) is 43.6 Å². The molecule has 122 valence electrons.